The molecule has 0 saturated carbocycles. The first-order chi connectivity index (χ1) is 23.8. The van der Waals surface area contributed by atoms with Crippen LogP contribution < -0.4 is 4.74 Å². The molecule has 256 valence electrons. The number of aromatic nitrogens is 2. The number of Topliss-reactive ketones (excluding diaryl/α,β-unsaturated/α-hetero) is 1. The number of rotatable bonds is 12. The van der Waals surface area contributed by atoms with Crippen LogP contribution in [0, 0.1) is 11.3 Å². The van der Waals surface area contributed by atoms with E-state index in [0.717, 1.165) is 79.0 Å². The molecule has 0 aliphatic carbocycles. The van der Waals surface area contributed by atoms with Crippen molar-refractivity contribution in [2.75, 3.05) is 32.7 Å². The molecule has 0 radical (unpaired) electrons. The van der Waals surface area contributed by atoms with E-state index in [2.05, 4.69) is 27.0 Å². The van der Waals surface area contributed by atoms with Crippen molar-refractivity contribution in [1.29, 1.82) is 0 Å². The van der Waals surface area contributed by atoms with Crippen molar-refractivity contribution >= 4 is 22.7 Å². The van der Waals surface area contributed by atoms with Gasteiger partial charge in [-0.25, -0.2) is 4.98 Å². The molecule has 49 heavy (non-hydrogen) atoms. The van der Waals surface area contributed by atoms with Crippen molar-refractivity contribution in [3.8, 4) is 5.75 Å². The van der Waals surface area contributed by atoms with Crippen LogP contribution in [0.1, 0.15) is 61.3 Å². The quantitative estimate of drug-likeness (QED) is 0.172. The molecular weight excluding hydrogens is 616 g/mol. The molecule has 1 amide bonds. The van der Waals surface area contributed by atoms with Gasteiger partial charge in [-0.15, -0.1) is 0 Å². The van der Waals surface area contributed by atoms with Crippen molar-refractivity contribution in [2.24, 2.45) is 11.3 Å². The number of ketones is 1. The van der Waals surface area contributed by atoms with E-state index in [0.29, 0.717) is 31.8 Å². The van der Waals surface area contributed by atoms with Crippen molar-refractivity contribution in [1.82, 2.24) is 19.8 Å². The topological polar surface area (TPSA) is 97.0 Å². The maximum atomic E-state index is 13.7. The van der Waals surface area contributed by atoms with Gasteiger partial charge in [-0.05, 0) is 94.6 Å². The van der Waals surface area contributed by atoms with E-state index < -0.39 is 0 Å². The van der Waals surface area contributed by atoms with E-state index in [-0.39, 0.29) is 35.4 Å². The van der Waals surface area contributed by atoms with Gasteiger partial charge in [-0.3, -0.25) is 9.59 Å². The predicted octanol–water partition coefficient (Wildman–Crippen LogP) is 6.55. The third kappa shape index (κ3) is 7.67. The normalized spacial score (nSPS) is 21.5. The zero-order valence-corrected chi connectivity index (χ0v) is 28.5. The number of carbonyl (C=O) groups excluding carboxylic acids is 2. The van der Waals surface area contributed by atoms with Crippen LogP contribution in [-0.4, -0.2) is 76.6 Å². The summed E-state index contributed by atoms with van der Waals surface area (Å²) in [7, 11) is 0. The molecule has 1 N–H and O–H groups in total. The summed E-state index contributed by atoms with van der Waals surface area (Å²) >= 11 is 0. The number of piperidine rings is 1. The Hall–Kier alpha value is -4.63. The highest BCUT2D eigenvalue weighted by molar-refractivity contribution is 5.97. The number of aromatic amines is 1. The second kappa shape index (κ2) is 14.5. The predicted molar refractivity (Wildman–Crippen MR) is 188 cm³/mol. The molecule has 9 heteroatoms. The Labute approximate surface area is 288 Å². The number of nitrogens with zero attached hydrogens (tertiary/aromatic N) is 3. The molecule has 3 aliphatic rings. The largest absolute Gasteiger partial charge is 0.491 e. The number of amides is 1. The Morgan fingerprint density at radius 3 is 2.55 bits per heavy atom. The number of H-pyrrole nitrogens is 1. The highest BCUT2D eigenvalue weighted by Gasteiger charge is 2.47. The third-order valence-electron chi connectivity index (χ3n) is 10.2. The molecule has 9 nitrogen and oxygen atoms in total. The fourth-order valence-electron chi connectivity index (χ4n) is 7.44. The minimum Gasteiger partial charge on any atom is -0.491 e. The standard InChI is InChI=1S/C40H46N4O5/c1-28(2)48-32-12-8-11-30(23-32)24-36(45)44-22-18-40(27-44,35-26-47-37(49-35)25-29-9-4-3-5-10-29)17-21-43-19-15-31(16-20-43)38(46)39-41-33-13-6-7-14-34(33)42-39/h3-14,23,26,28,31,37H,15-22,24-25,27H2,1-2H3,(H,41,42). The summed E-state index contributed by atoms with van der Waals surface area (Å²) in [6.07, 6.45) is 5.71. The number of hydrogen-bond donors (Lipinski definition) is 1. The monoisotopic (exact) mass is 662 g/mol. The summed E-state index contributed by atoms with van der Waals surface area (Å²) < 4.78 is 18.5. The van der Waals surface area contributed by atoms with E-state index in [1.165, 1.54) is 0 Å². The van der Waals surface area contributed by atoms with Gasteiger partial charge in [0.2, 0.25) is 18.0 Å². The lowest BCUT2D eigenvalue weighted by atomic mass is 9.81. The molecular formula is C40H46N4O5. The Balaban J connectivity index is 0.997. The minimum absolute atomic E-state index is 0.0391. The number of ether oxygens (including phenoxy) is 3. The van der Waals surface area contributed by atoms with Crippen molar-refractivity contribution in [3.63, 3.8) is 0 Å². The van der Waals surface area contributed by atoms with Crippen LogP contribution in [0.2, 0.25) is 0 Å². The molecule has 1 aromatic heterocycles. The van der Waals surface area contributed by atoms with Crippen molar-refractivity contribution < 1.29 is 23.8 Å². The van der Waals surface area contributed by atoms with Gasteiger partial charge in [-0.2, -0.15) is 0 Å². The zero-order valence-electron chi connectivity index (χ0n) is 28.5. The average Bonchev–Trinajstić information content (AvgIpc) is 3.87. The number of likely N-dealkylation sites (tertiary alicyclic amines) is 2. The van der Waals surface area contributed by atoms with Crippen LogP contribution in [-0.2, 0) is 27.1 Å². The van der Waals surface area contributed by atoms with Crippen molar-refractivity contribution in [2.45, 2.75) is 64.8 Å². The first-order valence-corrected chi connectivity index (χ1v) is 17.6. The van der Waals surface area contributed by atoms with Gasteiger partial charge in [0.05, 0.1) is 29.0 Å². The lowest BCUT2D eigenvalue weighted by Crippen LogP contribution is -2.40. The molecule has 4 heterocycles. The number of nitrogens with one attached hydrogen (secondary N) is 1. The maximum absolute atomic E-state index is 13.7. The fourth-order valence-corrected chi connectivity index (χ4v) is 7.44. The Morgan fingerprint density at radius 1 is 0.980 bits per heavy atom. The van der Waals surface area contributed by atoms with E-state index in [1.54, 1.807) is 6.26 Å². The average molecular weight is 663 g/mol. The highest BCUT2D eigenvalue weighted by atomic mass is 16.7. The van der Waals surface area contributed by atoms with E-state index in [4.69, 9.17) is 14.2 Å². The molecule has 0 bridgehead atoms. The second-order valence-corrected chi connectivity index (χ2v) is 14.0. The zero-order chi connectivity index (χ0) is 33.8. The Morgan fingerprint density at radius 2 is 1.76 bits per heavy atom. The lowest BCUT2D eigenvalue weighted by molar-refractivity contribution is -0.129. The van der Waals surface area contributed by atoms with Gasteiger partial charge in [0.15, 0.2) is 5.82 Å². The number of para-hydroxylation sites is 2. The number of benzene rings is 3. The van der Waals surface area contributed by atoms with Gasteiger partial charge < -0.3 is 29.0 Å². The molecule has 2 atom stereocenters. The minimum atomic E-state index is -0.386. The van der Waals surface area contributed by atoms with Crippen molar-refractivity contribution in [3.05, 3.63) is 108 Å². The molecule has 2 fully saturated rings. The first kappa shape index (κ1) is 32.9. The SMILES string of the molecule is CC(C)Oc1cccc(CC(=O)N2CCC(CCN3CCC(C(=O)c4nc5ccccc5[nH]4)CC3)(C3=COC(Cc4ccccc4)O3)C2)c1. The summed E-state index contributed by atoms with van der Waals surface area (Å²) in [5.41, 5.74) is 3.48. The smallest absolute Gasteiger partial charge is 0.244 e. The van der Waals surface area contributed by atoms with E-state index in [9.17, 15) is 9.59 Å². The summed E-state index contributed by atoms with van der Waals surface area (Å²) in [5, 5.41) is 0. The molecule has 0 spiro atoms. The van der Waals surface area contributed by atoms with Crippen LogP contribution in [0.25, 0.3) is 11.0 Å². The van der Waals surface area contributed by atoms with Crippen LogP contribution in [0.15, 0.2) is 90.9 Å². The fraction of sp³-hybridized carbons (Fsp3) is 0.425. The number of carbonyl (C=O) groups is 2. The molecule has 7 rings (SSSR count). The molecule has 4 aromatic rings. The summed E-state index contributed by atoms with van der Waals surface area (Å²) in [6.45, 7) is 7.79. The molecule has 2 unspecified atom stereocenters. The first-order valence-electron chi connectivity index (χ1n) is 17.6. The number of imidazole rings is 1. The summed E-state index contributed by atoms with van der Waals surface area (Å²) in [4.78, 5) is 39.2. The van der Waals surface area contributed by atoms with Crippen LogP contribution in [0.4, 0.5) is 0 Å². The van der Waals surface area contributed by atoms with Gasteiger partial charge in [0, 0.05) is 25.4 Å². The number of hydrogen-bond acceptors (Lipinski definition) is 7. The van der Waals surface area contributed by atoms with E-state index >= 15 is 0 Å². The Kier molecular flexibility index (Phi) is 9.71. The second-order valence-electron chi connectivity index (χ2n) is 14.0. The summed E-state index contributed by atoms with van der Waals surface area (Å²) in [5.74, 6) is 2.25. The molecule has 3 aromatic carbocycles. The van der Waals surface area contributed by atoms with Crippen LogP contribution >= 0.6 is 0 Å². The van der Waals surface area contributed by atoms with Crippen LogP contribution in [0.3, 0.4) is 0 Å². The van der Waals surface area contributed by atoms with Crippen LogP contribution in [0.5, 0.6) is 5.75 Å². The highest BCUT2D eigenvalue weighted by Crippen LogP contribution is 2.45. The molecule has 2 saturated heterocycles. The van der Waals surface area contributed by atoms with Gasteiger partial charge >= 0.3 is 0 Å². The molecule has 3 aliphatic heterocycles. The maximum Gasteiger partial charge on any atom is 0.244 e. The Bertz CT molecular complexity index is 1760. The number of fused-ring (bicyclic) bond motifs is 1. The van der Waals surface area contributed by atoms with E-state index in [1.807, 2.05) is 85.5 Å². The lowest BCUT2D eigenvalue weighted by Gasteiger charge is -2.35. The summed E-state index contributed by atoms with van der Waals surface area (Å²) in [6, 6.07) is 25.8. The third-order valence-corrected chi connectivity index (χ3v) is 10.2. The van der Waals surface area contributed by atoms with Gasteiger partial charge in [0.25, 0.3) is 0 Å². The van der Waals surface area contributed by atoms with Gasteiger partial charge in [0.1, 0.15) is 17.8 Å². The van der Waals surface area contributed by atoms with Gasteiger partial charge in [-0.1, -0.05) is 54.6 Å².